The van der Waals surface area contributed by atoms with E-state index in [9.17, 15) is 14.4 Å². The van der Waals surface area contributed by atoms with Gasteiger partial charge in [-0.15, -0.1) is 10.2 Å². The number of nitrogens with one attached hydrogen (secondary N) is 1. The second kappa shape index (κ2) is 9.75. The number of ether oxygens (including phenoxy) is 2. The predicted molar refractivity (Wildman–Crippen MR) is 111 cm³/mol. The number of rotatable bonds is 7. The molecule has 1 aromatic heterocycles. The van der Waals surface area contributed by atoms with Gasteiger partial charge in [-0.05, 0) is 31.0 Å². The van der Waals surface area contributed by atoms with Crippen LogP contribution in [-0.4, -0.2) is 52.6 Å². The first-order valence-corrected chi connectivity index (χ1v) is 10.5. The van der Waals surface area contributed by atoms with Gasteiger partial charge < -0.3 is 19.4 Å². The third-order valence-corrected chi connectivity index (χ3v) is 6.00. The van der Waals surface area contributed by atoms with E-state index in [0.717, 1.165) is 18.7 Å². The van der Waals surface area contributed by atoms with E-state index < -0.39 is 11.9 Å². The van der Waals surface area contributed by atoms with E-state index in [1.165, 1.54) is 57.0 Å². The van der Waals surface area contributed by atoms with E-state index in [4.69, 9.17) is 9.47 Å². The van der Waals surface area contributed by atoms with Crippen LogP contribution < -0.4 is 5.32 Å². The van der Waals surface area contributed by atoms with Gasteiger partial charge in [0.15, 0.2) is 5.16 Å². The van der Waals surface area contributed by atoms with Crippen LogP contribution in [0.25, 0.3) is 0 Å². The van der Waals surface area contributed by atoms with E-state index in [1.807, 2.05) is 11.6 Å². The van der Waals surface area contributed by atoms with E-state index in [2.05, 4.69) is 15.5 Å². The van der Waals surface area contributed by atoms with Gasteiger partial charge in [-0.3, -0.25) is 4.79 Å². The summed E-state index contributed by atoms with van der Waals surface area (Å²) in [6.07, 6.45) is 4.66. The fourth-order valence-electron chi connectivity index (χ4n) is 3.49. The fourth-order valence-corrected chi connectivity index (χ4v) is 4.21. The Morgan fingerprint density at radius 3 is 2.23 bits per heavy atom. The molecule has 0 unspecified atom stereocenters. The van der Waals surface area contributed by atoms with E-state index in [0.29, 0.717) is 16.8 Å². The van der Waals surface area contributed by atoms with E-state index in [-0.39, 0.29) is 22.8 Å². The summed E-state index contributed by atoms with van der Waals surface area (Å²) >= 11 is 1.28. The number of amides is 1. The highest BCUT2D eigenvalue weighted by Gasteiger charge is 2.23. The van der Waals surface area contributed by atoms with Crippen LogP contribution in [-0.2, 0) is 21.3 Å². The molecule has 0 bridgehead atoms. The second-order valence-electron chi connectivity index (χ2n) is 7.00. The Hall–Kier alpha value is -2.88. The number of esters is 2. The first-order chi connectivity index (χ1) is 14.4. The standard InChI is InChI=1S/C20H24N4O5S/c1-24-17(12-6-4-5-7-12)22-23-20(24)30-11-16(25)21-15-9-13(18(26)28-2)8-14(10-15)19(27)29-3/h8-10,12H,4-7,11H2,1-3H3,(H,21,25). The summed E-state index contributed by atoms with van der Waals surface area (Å²) in [5, 5.41) is 11.9. The molecule has 2 aromatic rings. The molecule has 1 N–H and O–H groups in total. The molecule has 30 heavy (non-hydrogen) atoms. The topological polar surface area (TPSA) is 112 Å². The summed E-state index contributed by atoms with van der Waals surface area (Å²) < 4.78 is 11.3. The molecule has 1 fully saturated rings. The third-order valence-electron chi connectivity index (χ3n) is 4.98. The van der Waals surface area contributed by atoms with Crippen molar-refractivity contribution in [3.63, 3.8) is 0 Å². The van der Waals surface area contributed by atoms with Gasteiger partial charge in [-0.1, -0.05) is 24.6 Å². The molecule has 160 valence electrons. The van der Waals surface area contributed by atoms with Crippen LogP contribution in [0.1, 0.15) is 58.1 Å². The zero-order valence-electron chi connectivity index (χ0n) is 17.1. The lowest BCUT2D eigenvalue weighted by Gasteiger charge is -2.10. The van der Waals surface area contributed by atoms with Crippen LogP contribution in [0.5, 0.6) is 0 Å². The lowest BCUT2D eigenvalue weighted by Crippen LogP contribution is -2.16. The Bertz CT molecular complexity index is 918. The molecule has 1 aromatic carbocycles. The molecule has 3 rings (SSSR count). The van der Waals surface area contributed by atoms with Crippen molar-refractivity contribution in [2.75, 3.05) is 25.3 Å². The summed E-state index contributed by atoms with van der Waals surface area (Å²) in [6, 6.07) is 4.24. The molecule has 1 saturated carbocycles. The summed E-state index contributed by atoms with van der Waals surface area (Å²) in [5.41, 5.74) is 0.573. The highest BCUT2D eigenvalue weighted by Crippen LogP contribution is 2.34. The number of hydrogen-bond donors (Lipinski definition) is 1. The molecule has 0 saturated heterocycles. The number of carbonyl (C=O) groups is 3. The molecule has 0 spiro atoms. The van der Waals surface area contributed by atoms with Crippen molar-refractivity contribution in [3.05, 3.63) is 35.2 Å². The normalized spacial score (nSPS) is 13.8. The summed E-state index contributed by atoms with van der Waals surface area (Å²) in [7, 11) is 4.39. The molecule has 1 aliphatic rings. The van der Waals surface area contributed by atoms with Gasteiger partial charge in [0, 0.05) is 18.7 Å². The quantitative estimate of drug-likeness (QED) is 0.525. The molecule has 0 aliphatic heterocycles. The van der Waals surface area contributed by atoms with Crippen molar-refractivity contribution in [1.82, 2.24) is 14.8 Å². The number of hydrogen-bond acceptors (Lipinski definition) is 8. The maximum Gasteiger partial charge on any atom is 0.337 e. The number of thioether (sulfide) groups is 1. The Labute approximate surface area is 178 Å². The first kappa shape index (κ1) is 21.8. The summed E-state index contributed by atoms with van der Waals surface area (Å²) in [4.78, 5) is 36.2. The van der Waals surface area contributed by atoms with Crippen LogP contribution >= 0.6 is 11.8 Å². The Morgan fingerprint density at radius 2 is 1.67 bits per heavy atom. The minimum Gasteiger partial charge on any atom is -0.465 e. The van der Waals surface area contributed by atoms with Crippen molar-refractivity contribution in [2.24, 2.45) is 7.05 Å². The summed E-state index contributed by atoms with van der Waals surface area (Å²) in [5.74, 6) is -0.0453. The minimum atomic E-state index is -0.621. The number of methoxy groups -OCH3 is 2. The molecule has 1 aliphatic carbocycles. The molecule has 1 heterocycles. The maximum absolute atomic E-state index is 12.4. The summed E-state index contributed by atoms with van der Waals surface area (Å²) in [6.45, 7) is 0. The SMILES string of the molecule is COC(=O)c1cc(NC(=O)CSc2nnc(C3CCCC3)n2C)cc(C(=O)OC)c1. The monoisotopic (exact) mass is 432 g/mol. The Balaban J connectivity index is 1.67. The number of aromatic nitrogens is 3. The minimum absolute atomic E-state index is 0.104. The number of nitrogens with zero attached hydrogens (tertiary/aromatic N) is 3. The van der Waals surface area contributed by atoms with E-state index in [1.54, 1.807) is 0 Å². The van der Waals surface area contributed by atoms with Gasteiger partial charge in [0.25, 0.3) is 0 Å². The lowest BCUT2D eigenvalue weighted by atomic mass is 10.1. The molecule has 9 nitrogen and oxygen atoms in total. The predicted octanol–water partition coefficient (Wildman–Crippen LogP) is 2.78. The third kappa shape index (κ3) is 4.99. The van der Waals surface area contributed by atoms with Crippen LogP contribution in [0.4, 0.5) is 5.69 Å². The zero-order valence-corrected chi connectivity index (χ0v) is 18.0. The Morgan fingerprint density at radius 1 is 1.07 bits per heavy atom. The average Bonchev–Trinajstić information content (AvgIpc) is 3.40. The molecule has 1 amide bonds. The van der Waals surface area contributed by atoms with Gasteiger partial charge in [-0.2, -0.15) is 0 Å². The molecular formula is C20H24N4O5S. The van der Waals surface area contributed by atoms with E-state index >= 15 is 0 Å². The molecular weight excluding hydrogens is 408 g/mol. The number of anilines is 1. The van der Waals surface area contributed by atoms with Crippen molar-refractivity contribution in [1.29, 1.82) is 0 Å². The van der Waals surface area contributed by atoms with Crippen LogP contribution in [0.2, 0.25) is 0 Å². The van der Waals surface area contributed by atoms with Crippen LogP contribution in [0, 0.1) is 0 Å². The zero-order chi connectivity index (χ0) is 21.7. The number of carbonyl (C=O) groups excluding carboxylic acids is 3. The van der Waals surface area contributed by atoms with Crippen molar-refractivity contribution < 1.29 is 23.9 Å². The Kier molecular flexibility index (Phi) is 7.09. The van der Waals surface area contributed by atoms with Crippen LogP contribution in [0.3, 0.4) is 0 Å². The fraction of sp³-hybridized carbons (Fsp3) is 0.450. The molecule has 10 heteroatoms. The van der Waals surface area contributed by atoms with Gasteiger partial charge in [0.05, 0.1) is 31.1 Å². The maximum atomic E-state index is 12.4. The number of benzene rings is 1. The smallest absolute Gasteiger partial charge is 0.337 e. The largest absolute Gasteiger partial charge is 0.465 e. The average molecular weight is 433 g/mol. The highest BCUT2D eigenvalue weighted by atomic mass is 32.2. The van der Waals surface area contributed by atoms with Crippen molar-refractivity contribution in [3.8, 4) is 0 Å². The van der Waals surface area contributed by atoms with Crippen molar-refractivity contribution >= 4 is 35.3 Å². The van der Waals surface area contributed by atoms with Crippen molar-refractivity contribution in [2.45, 2.75) is 36.8 Å². The molecule has 0 radical (unpaired) electrons. The lowest BCUT2D eigenvalue weighted by molar-refractivity contribution is -0.113. The molecule has 0 atom stereocenters. The van der Waals surface area contributed by atoms with Gasteiger partial charge in [0.1, 0.15) is 5.82 Å². The van der Waals surface area contributed by atoms with Gasteiger partial charge in [0.2, 0.25) is 5.91 Å². The van der Waals surface area contributed by atoms with Gasteiger partial charge >= 0.3 is 11.9 Å². The first-order valence-electron chi connectivity index (χ1n) is 9.56. The van der Waals surface area contributed by atoms with Gasteiger partial charge in [-0.25, -0.2) is 9.59 Å². The highest BCUT2D eigenvalue weighted by molar-refractivity contribution is 7.99. The second-order valence-corrected chi connectivity index (χ2v) is 7.94. The van der Waals surface area contributed by atoms with Crippen LogP contribution in [0.15, 0.2) is 23.4 Å².